The molecule has 3 aliphatic heterocycles. The van der Waals surface area contributed by atoms with Crippen LogP contribution in [0.4, 0.5) is 0 Å². The second-order valence-corrected chi connectivity index (χ2v) is 14.2. The quantitative estimate of drug-likeness (QED) is 0.638. The van der Waals surface area contributed by atoms with Gasteiger partial charge in [-0.25, -0.2) is 0 Å². The van der Waals surface area contributed by atoms with Gasteiger partial charge in [-0.05, 0) is 67.7 Å². The Morgan fingerprint density at radius 1 is 0.846 bits per heavy atom. The highest BCUT2D eigenvalue weighted by Crippen LogP contribution is 2.90. The normalized spacial score (nSPS) is 45.1. The molecular weight excluding hydrogens is 492 g/mol. The number of H-pyrrole nitrogens is 2. The molecule has 9 fully saturated rings. The van der Waals surface area contributed by atoms with E-state index >= 15 is 0 Å². The molecule has 4 unspecified atom stereocenters. The number of allylic oxidation sites excluding steroid dienone is 4. The summed E-state index contributed by atoms with van der Waals surface area (Å²) in [6, 6.07) is 0.222. The highest BCUT2D eigenvalue weighted by atomic mass is 16.2. The maximum Gasteiger partial charge on any atom is 0.233 e. The van der Waals surface area contributed by atoms with Gasteiger partial charge in [0.2, 0.25) is 23.4 Å². The molecule has 13 rings (SSSR count). The Morgan fingerprint density at radius 2 is 1.44 bits per heavy atom. The minimum atomic E-state index is -0.487. The van der Waals surface area contributed by atoms with E-state index < -0.39 is 10.8 Å². The number of nitrogens with one attached hydrogen (secondary N) is 2. The summed E-state index contributed by atoms with van der Waals surface area (Å²) in [4.78, 5) is 64.2. The zero-order chi connectivity index (χ0) is 26.2. The molecule has 8 aliphatic carbocycles. The van der Waals surface area contributed by atoms with E-state index in [1.54, 1.807) is 12.2 Å². The predicted molar refractivity (Wildman–Crippen MR) is 135 cm³/mol. The van der Waals surface area contributed by atoms with Crippen molar-refractivity contribution in [2.75, 3.05) is 6.54 Å². The van der Waals surface area contributed by atoms with Crippen LogP contribution in [0, 0.1) is 42.4 Å². The maximum absolute atomic E-state index is 14.1. The Labute approximate surface area is 223 Å². The van der Waals surface area contributed by atoms with Crippen LogP contribution in [0.1, 0.15) is 68.9 Å². The molecule has 3 saturated heterocycles. The summed E-state index contributed by atoms with van der Waals surface area (Å²) in [5, 5.41) is 0. The molecule has 11 aliphatic rings. The van der Waals surface area contributed by atoms with Gasteiger partial charge in [0.1, 0.15) is 0 Å². The maximum atomic E-state index is 14.1. The molecule has 2 aromatic heterocycles. The third kappa shape index (κ3) is 1.70. The Hall–Kier alpha value is -3.68. The molecule has 2 aromatic rings. The number of aromatic amines is 2. The molecule has 6 atom stereocenters. The largest absolute Gasteiger partial charge is 0.358 e. The number of fused-ring (bicyclic) bond motifs is 2. The topological polar surface area (TPSA) is 106 Å². The zero-order valence-corrected chi connectivity index (χ0v) is 21.7. The first-order valence-electron chi connectivity index (χ1n) is 14.3. The van der Waals surface area contributed by atoms with Crippen molar-refractivity contribution in [3.05, 3.63) is 69.6 Å². The fourth-order valence-electron chi connectivity index (χ4n) is 11.0. The first-order valence-corrected chi connectivity index (χ1v) is 14.3. The number of aryl methyl sites for hydroxylation is 2. The minimum absolute atomic E-state index is 0.0367. The van der Waals surface area contributed by atoms with Crippen LogP contribution < -0.4 is 0 Å². The first kappa shape index (κ1) is 20.3. The Kier molecular flexibility index (Phi) is 2.72. The van der Waals surface area contributed by atoms with Crippen molar-refractivity contribution < 1.29 is 19.2 Å². The van der Waals surface area contributed by atoms with E-state index in [-0.39, 0.29) is 40.3 Å². The van der Waals surface area contributed by atoms with Crippen molar-refractivity contribution in [3.63, 3.8) is 0 Å². The summed E-state index contributed by atoms with van der Waals surface area (Å²) in [6.07, 6.45) is 9.98. The number of piperidine rings is 2. The monoisotopic (exact) mass is 518 g/mol. The first-order chi connectivity index (χ1) is 18.7. The Bertz CT molecular complexity index is 1790. The summed E-state index contributed by atoms with van der Waals surface area (Å²) in [6.45, 7) is 4.75. The average molecular weight is 519 g/mol. The van der Waals surface area contributed by atoms with Gasteiger partial charge in [0.15, 0.2) is 0 Å². The molecule has 4 bridgehead atoms. The predicted octanol–water partition coefficient (Wildman–Crippen LogP) is 2.80. The van der Waals surface area contributed by atoms with Gasteiger partial charge in [-0.15, -0.1) is 0 Å². The third-order valence-corrected chi connectivity index (χ3v) is 12.6. The van der Waals surface area contributed by atoms with Crippen LogP contribution in [0.2, 0.25) is 0 Å². The molecule has 6 saturated carbocycles. The molecule has 5 heterocycles. The van der Waals surface area contributed by atoms with Crippen LogP contribution in [-0.2, 0) is 20.4 Å². The fourth-order valence-corrected chi connectivity index (χ4v) is 11.0. The average Bonchev–Trinajstić information content (AvgIpc) is 3.69. The summed E-state index contributed by atoms with van der Waals surface area (Å²) in [7, 11) is 0. The lowest BCUT2D eigenvalue weighted by molar-refractivity contribution is -0.219. The van der Waals surface area contributed by atoms with Crippen LogP contribution in [0.25, 0.3) is 0 Å². The van der Waals surface area contributed by atoms with Crippen molar-refractivity contribution in [1.29, 1.82) is 0 Å². The lowest BCUT2D eigenvalue weighted by atomic mass is 9.34. The number of ketones is 2. The van der Waals surface area contributed by atoms with Gasteiger partial charge < -0.3 is 19.8 Å². The second-order valence-electron chi connectivity index (χ2n) is 14.2. The van der Waals surface area contributed by atoms with Gasteiger partial charge in [-0.2, -0.15) is 0 Å². The minimum Gasteiger partial charge on any atom is -0.358 e. The number of carbonyl (C=O) groups is 4. The molecule has 2 spiro atoms. The lowest BCUT2D eigenvalue weighted by Gasteiger charge is -2.69. The molecule has 8 heteroatoms. The third-order valence-electron chi connectivity index (χ3n) is 12.6. The van der Waals surface area contributed by atoms with Crippen molar-refractivity contribution in [2.24, 2.45) is 28.6 Å². The van der Waals surface area contributed by atoms with Crippen LogP contribution in [0.15, 0.2) is 35.9 Å². The standard InChI is InChI=1S/C31H26N4O4/c1-12-6-32-23-15(36)3-17-30(19(12)23)5-14(30)8-34(17)26(38)28-9-29(10-28,11-28)27(39)35-18-4-16(37)24-20(13(2)7-33-24)31(18)21-22(31)25(21)35/h3-4,6-7,14,21-22,25,32-33H,5,8-11H2,1-2H3/t14-,21-,22?,25?,28?,29?,30?,31?/m1/s1. The number of hydrogen-bond acceptors (Lipinski definition) is 4. The number of rotatable bonds is 2. The number of aromatic nitrogens is 2. The van der Waals surface area contributed by atoms with E-state index in [0.717, 1.165) is 40.1 Å². The molecule has 2 N–H and O–H groups in total. The number of likely N-dealkylation sites (tertiary alicyclic amines) is 1. The van der Waals surface area contributed by atoms with Gasteiger partial charge in [-0.1, -0.05) is 0 Å². The van der Waals surface area contributed by atoms with Crippen LogP contribution in [-0.4, -0.2) is 55.7 Å². The molecule has 8 nitrogen and oxygen atoms in total. The van der Waals surface area contributed by atoms with Crippen molar-refractivity contribution in [1.82, 2.24) is 19.8 Å². The lowest BCUT2D eigenvalue weighted by Crippen LogP contribution is -2.72. The smallest absolute Gasteiger partial charge is 0.233 e. The van der Waals surface area contributed by atoms with Gasteiger partial charge in [0.05, 0.1) is 22.2 Å². The summed E-state index contributed by atoms with van der Waals surface area (Å²) in [5.41, 5.74) is 6.31. The molecule has 0 aromatic carbocycles. The number of amides is 2. The van der Waals surface area contributed by atoms with Gasteiger partial charge >= 0.3 is 0 Å². The van der Waals surface area contributed by atoms with Crippen LogP contribution in [0.3, 0.4) is 0 Å². The molecule has 194 valence electrons. The van der Waals surface area contributed by atoms with E-state index in [1.807, 2.05) is 36.0 Å². The van der Waals surface area contributed by atoms with E-state index in [0.29, 0.717) is 54.9 Å². The van der Waals surface area contributed by atoms with Crippen molar-refractivity contribution in [3.8, 4) is 0 Å². The van der Waals surface area contributed by atoms with Gasteiger partial charge in [-0.3, -0.25) is 19.2 Å². The molecule has 0 radical (unpaired) electrons. The summed E-state index contributed by atoms with van der Waals surface area (Å²) >= 11 is 0. The van der Waals surface area contributed by atoms with Crippen LogP contribution in [0.5, 0.6) is 0 Å². The van der Waals surface area contributed by atoms with E-state index in [9.17, 15) is 19.2 Å². The number of nitrogens with zero attached hydrogens (tertiary/aromatic N) is 2. The molecular formula is C31H26N4O4. The van der Waals surface area contributed by atoms with E-state index in [2.05, 4.69) is 9.97 Å². The van der Waals surface area contributed by atoms with E-state index in [4.69, 9.17) is 0 Å². The van der Waals surface area contributed by atoms with Crippen molar-refractivity contribution in [2.45, 2.75) is 56.4 Å². The fraction of sp³-hybridized carbons (Fsp3) is 0.484. The van der Waals surface area contributed by atoms with Gasteiger partial charge in [0, 0.05) is 71.2 Å². The highest BCUT2D eigenvalue weighted by molar-refractivity contribution is 6.11. The summed E-state index contributed by atoms with van der Waals surface area (Å²) in [5.74, 6) is 1.41. The Balaban J connectivity index is 0.880. The SMILES string of the molecule is Cc1c[nH]c2c1C13C[C@@H]1CN(C(=O)C14CC(C(=O)N5C6=CC(=O)c7[nH]cc(C)c7C67C6C5[C@@H]67)(C1)C4)C3=CC2=O. The number of hydrogen-bond donors (Lipinski definition) is 2. The highest BCUT2D eigenvalue weighted by Gasteiger charge is 2.95. The Morgan fingerprint density at radius 3 is 2.13 bits per heavy atom. The number of carbonyl (C=O) groups excluding carboxylic acids is 4. The van der Waals surface area contributed by atoms with Crippen molar-refractivity contribution >= 4 is 23.4 Å². The van der Waals surface area contributed by atoms with E-state index in [1.165, 1.54) is 0 Å². The van der Waals surface area contributed by atoms with Gasteiger partial charge in [0.25, 0.3) is 0 Å². The zero-order valence-electron chi connectivity index (χ0n) is 21.7. The van der Waals surface area contributed by atoms with Crippen LogP contribution >= 0.6 is 0 Å². The summed E-state index contributed by atoms with van der Waals surface area (Å²) < 4.78 is 0. The molecule has 39 heavy (non-hydrogen) atoms. The molecule has 2 amide bonds. The second kappa shape index (κ2) is 5.23.